The fourth-order valence-electron chi connectivity index (χ4n) is 3.80. The molecule has 0 radical (unpaired) electrons. The van der Waals surface area contributed by atoms with Gasteiger partial charge in [0.05, 0.1) is 5.92 Å². The molecule has 0 saturated heterocycles. The summed E-state index contributed by atoms with van der Waals surface area (Å²) in [7, 11) is 0. The van der Waals surface area contributed by atoms with Crippen LogP contribution in [0, 0.1) is 11.8 Å². The maximum absolute atomic E-state index is 12.3. The van der Waals surface area contributed by atoms with Gasteiger partial charge in [-0.1, -0.05) is 0 Å². The molecule has 2 aliphatic rings. The third-order valence-electron chi connectivity index (χ3n) is 5.60. The molecule has 1 aromatic carbocycles. The van der Waals surface area contributed by atoms with Crippen molar-refractivity contribution < 1.29 is 34.5 Å². The Kier molecular flexibility index (Phi) is 7.68. The van der Waals surface area contributed by atoms with Crippen molar-refractivity contribution in [1.82, 2.24) is 16.0 Å². The van der Waals surface area contributed by atoms with Crippen LogP contribution in [-0.2, 0) is 14.4 Å². The number of carboxylic acid groups (broad SMARTS) is 2. The second kappa shape index (κ2) is 10.7. The maximum Gasteiger partial charge on any atom is 0.326 e. The number of nitrogens with zero attached hydrogens (tertiary/aromatic N) is 1. The Labute approximate surface area is 194 Å². The molecule has 13 heteroatoms. The highest BCUT2D eigenvalue weighted by Crippen LogP contribution is 2.29. The summed E-state index contributed by atoms with van der Waals surface area (Å²) in [6, 6.07) is 4.93. The number of nitrogens with one attached hydrogen (secondary N) is 4. The number of carboxylic acids is 2. The molecule has 34 heavy (non-hydrogen) atoms. The number of aliphatic carboxylic acids is 2. The van der Waals surface area contributed by atoms with Crippen molar-refractivity contribution in [2.75, 3.05) is 18.4 Å². The van der Waals surface area contributed by atoms with E-state index in [-0.39, 0.29) is 30.3 Å². The molecule has 2 heterocycles. The topological polar surface area (TPSA) is 215 Å². The van der Waals surface area contributed by atoms with Gasteiger partial charge in [-0.15, -0.1) is 0 Å². The van der Waals surface area contributed by atoms with E-state index < -0.39 is 36.0 Å². The van der Waals surface area contributed by atoms with E-state index >= 15 is 0 Å². The smallest absolute Gasteiger partial charge is 0.326 e. The van der Waals surface area contributed by atoms with Crippen LogP contribution in [0.1, 0.15) is 23.2 Å². The lowest BCUT2D eigenvalue weighted by Gasteiger charge is -2.37. The van der Waals surface area contributed by atoms with Crippen molar-refractivity contribution in [3.63, 3.8) is 0 Å². The van der Waals surface area contributed by atoms with Gasteiger partial charge in [0.15, 0.2) is 12.2 Å². The highest BCUT2D eigenvalue weighted by molar-refractivity contribution is 5.97. The number of aldehydes is 1. The Morgan fingerprint density at radius 1 is 1.24 bits per heavy atom. The number of rotatable bonds is 10. The van der Waals surface area contributed by atoms with Gasteiger partial charge in [-0.25, -0.2) is 9.79 Å². The van der Waals surface area contributed by atoms with Gasteiger partial charge in [-0.3, -0.25) is 9.59 Å². The number of anilines is 1. The van der Waals surface area contributed by atoms with E-state index in [0.717, 1.165) is 6.29 Å². The second-order valence-corrected chi connectivity index (χ2v) is 7.90. The summed E-state index contributed by atoms with van der Waals surface area (Å²) >= 11 is 0. The number of guanidine groups is 1. The summed E-state index contributed by atoms with van der Waals surface area (Å²) in [6.45, 7) is 0.816. The minimum absolute atomic E-state index is 0.0562. The first-order valence-electron chi connectivity index (χ1n) is 10.5. The number of carbonyl (C=O) groups excluding carboxylic acids is 2. The number of amides is 1. The van der Waals surface area contributed by atoms with Crippen molar-refractivity contribution in [2.45, 2.75) is 25.1 Å². The summed E-state index contributed by atoms with van der Waals surface area (Å²) in [5, 5.41) is 39.5. The maximum atomic E-state index is 12.3. The number of benzene rings is 1. The predicted molar refractivity (Wildman–Crippen MR) is 120 cm³/mol. The summed E-state index contributed by atoms with van der Waals surface area (Å²) in [5.41, 5.74) is 6.90. The van der Waals surface area contributed by atoms with E-state index in [4.69, 9.17) is 10.8 Å². The van der Waals surface area contributed by atoms with Gasteiger partial charge in [0, 0.05) is 42.3 Å². The zero-order valence-corrected chi connectivity index (χ0v) is 18.0. The van der Waals surface area contributed by atoms with Gasteiger partial charge in [-0.05, 0) is 30.7 Å². The lowest BCUT2D eigenvalue weighted by Crippen LogP contribution is -2.51. The molecule has 1 amide bonds. The van der Waals surface area contributed by atoms with E-state index in [0.29, 0.717) is 30.2 Å². The molecule has 3 rings (SSSR count). The fraction of sp³-hybridized carbons (Fsp3) is 0.381. The summed E-state index contributed by atoms with van der Waals surface area (Å²) in [6.07, 6.45) is -1.07. The van der Waals surface area contributed by atoms with Gasteiger partial charge in [0.25, 0.3) is 5.91 Å². The first-order chi connectivity index (χ1) is 16.2. The molecule has 0 bridgehead atoms. The van der Waals surface area contributed by atoms with Crippen molar-refractivity contribution in [3.8, 4) is 0 Å². The molecule has 0 aliphatic carbocycles. The van der Waals surface area contributed by atoms with Gasteiger partial charge in [-0.2, -0.15) is 0 Å². The fourth-order valence-corrected chi connectivity index (χ4v) is 3.80. The molecule has 2 aliphatic heterocycles. The Hall–Kier alpha value is -4.13. The van der Waals surface area contributed by atoms with Crippen LogP contribution >= 0.6 is 0 Å². The number of carbonyl (C=O) groups is 4. The monoisotopic (exact) mass is 474 g/mol. The first kappa shape index (κ1) is 24.5. The molecule has 9 N–H and O–H groups in total. The molecule has 13 nitrogen and oxygen atoms in total. The second-order valence-electron chi connectivity index (χ2n) is 7.90. The van der Waals surface area contributed by atoms with Crippen LogP contribution in [-0.4, -0.2) is 70.8 Å². The molecule has 1 aromatic rings. The molecule has 0 spiro atoms. The number of aliphatic hydroxyl groups excluding tert-OH is 1. The molecule has 182 valence electrons. The zero-order chi connectivity index (χ0) is 24.8. The predicted octanol–water partition coefficient (Wildman–Crippen LogP) is -1.37. The van der Waals surface area contributed by atoms with Crippen LogP contribution in [0.25, 0.3) is 0 Å². The highest BCUT2D eigenvalue weighted by Gasteiger charge is 2.37. The molecular formula is C21H26N6O7. The number of hydrogen-bond donors (Lipinski definition) is 8. The average Bonchev–Trinajstić information content (AvgIpc) is 2.79. The number of aliphatic imine (C=N–C) groups is 1. The third kappa shape index (κ3) is 5.81. The number of hydrogen-bond acceptors (Lipinski definition) is 10. The molecule has 0 fully saturated rings. The zero-order valence-electron chi connectivity index (χ0n) is 18.0. The van der Waals surface area contributed by atoms with Crippen LogP contribution in [0.15, 0.2) is 40.7 Å². The standard InChI is InChI=1S/C21H26N6O7/c22-21-26-17-16(19(32)27-21)13(9-28)11(8-24-17)7-23-12-3-1-10(2-4-12)18(31)25-14(20(33)34)5-6-15(29)30/h1-4,9,11,13-14,19,23-24,32H,5-8H2,(H,25,31)(H,29,30)(H,33,34)(H3,22,26,27). The van der Waals surface area contributed by atoms with Gasteiger partial charge in [0.2, 0.25) is 0 Å². The first-order valence-corrected chi connectivity index (χ1v) is 10.5. The third-order valence-corrected chi connectivity index (χ3v) is 5.60. The van der Waals surface area contributed by atoms with Crippen molar-refractivity contribution in [3.05, 3.63) is 41.2 Å². The number of nitrogens with two attached hydrogens (primary N) is 1. The minimum atomic E-state index is -1.32. The van der Waals surface area contributed by atoms with E-state index in [1.807, 2.05) is 0 Å². The minimum Gasteiger partial charge on any atom is -0.481 e. The van der Waals surface area contributed by atoms with E-state index in [1.54, 1.807) is 12.1 Å². The molecule has 4 atom stereocenters. The summed E-state index contributed by atoms with van der Waals surface area (Å²) in [5.74, 6) is -3.36. The number of aliphatic hydroxyl groups is 1. The van der Waals surface area contributed by atoms with Crippen LogP contribution in [0.5, 0.6) is 0 Å². The molecular weight excluding hydrogens is 448 g/mol. The van der Waals surface area contributed by atoms with Gasteiger partial charge < -0.3 is 47.1 Å². The summed E-state index contributed by atoms with van der Waals surface area (Å²) < 4.78 is 0. The highest BCUT2D eigenvalue weighted by atomic mass is 16.4. The largest absolute Gasteiger partial charge is 0.481 e. The van der Waals surface area contributed by atoms with Gasteiger partial charge >= 0.3 is 11.9 Å². The Morgan fingerprint density at radius 2 is 1.94 bits per heavy atom. The lowest BCUT2D eigenvalue weighted by atomic mass is 9.82. The van der Waals surface area contributed by atoms with Crippen molar-refractivity contribution in [1.29, 1.82) is 0 Å². The average molecular weight is 474 g/mol. The SMILES string of the molecule is NC1=NC(O)C2=C(NCC(CNc3ccc(C(=O)NC(CCC(=O)O)C(=O)O)cc3)C2C=O)N1. The van der Waals surface area contributed by atoms with Crippen LogP contribution < -0.4 is 27.0 Å². The van der Waals surface area contributed by atoms with E-state index in [1.165, 1.54) is 12.1 Å². The molecule has 0 saturated carbocycles. The van der Waals surface area contributed by atoms with Crippen molar-refractivity contribution >= 4 is 35.8 Å². The molecule has 0 aromatic heterocycles. The van der Waals surface area contributed by atoms with E-state index in [9.17, 15) is 29.4 Å². The quantitative estimate of drug-likeness (QED) is 0.185. The van der Waals surface area contributed by atoms with E-state index in [2.05, 4.69) is 26.3 Å². The Balaban J connectivity index is 1.58. The summed E-state index contributed by atoms with van der Waals surface area (Å²) in [4.78, 5) is 49.9. The van der Waals surface area contributed by atoms with Crippen LogP contribution in [0.2, 0.25) is 0 Å². The molecule has 4 unspecified atom stereocenters. The van der Waals surface area contributed by atoms with Crippen molar-refractivity contribution in [2.24, 2.45) is 22.6 Å². The normalized spacial score (nSPS) is 22.3. The van der Waals surface area contributed by atoms with Crippen LogP contribution in [0.4, 0.5) is 5.69 Å². The Morgan fingerprint density at radius 3 is 2.56 bits per heavy atom. The Bertz CT molecular complexity index is 1020. The lowest BCUT2D eigenvalue weighted by molar-refractivity contribution is -0.140. The van der Waals surface area contributed by atoms with Gasteiger partial charge in [0.1, 0.15) is 18.1 Å². The van der Waals surface area contributed by atoms with Crippen LogP contribution in [0.3, 0.4) is 0 Å².